The second-order valence-electron chi connectivity index (χ2n) is 6.98. The molecule has 0 bridgehead atoms. The summed E-state index contributed by atoms with van der Waals surface area (Å²) in [6.07, 6.45) is -0.346. The Morgan fingerprint density at radius 1 is 1.31 bits per heavy atom. The lowest BCUT2D eigenvalue weighted by molar-refractivity contribution is -0.117. The number of phosphoric ester groups is 1. The van der Waals surface area contributed by atoms with Gasteiger partial charge in [-0.2, -0.15) is 10.5 Å². The average Bonchev–Trinajstić information content (AvgIpc) is 2.72. The number of anilines is 1. The zero-order valence-corrected chi connectivity index (χ0v) is 18.7. The molecule has 1 aliphatic heterocycles. The SMILES string of the molecule is CCc1c(C#N)c(SC(C(N)=O)c2ccccc2)nc(N2CC(OP(=O)(O)O)C2)c1C#N. The van der Waals surface area contributed by atoms with Crippen molar-refractivity contribution in [3.8, 4) is 12.1 Å². The highest BCUT2D eigenvalue weighted by atomic mass is 32.2. The van der Waals surface area contributed by atoms with Crippen LogP contribution >= 0.6 is 19.6 Å². The molecular formula is C20H20N5O5PS. The highest BCUT2D eigenvalue weighted by Crippen LogP contribution is 2.43. The van der Waals surface area contributed by atoms with Crippen LogP contribution in [0.1, 0.15) is 34.4 Å². The largest absolute Gasteiger partial charge is 0.469 e. The maximum absolute atomic E-state index is 12.2. The van der Waals surface area contributed by atoms with Crippen LogP contribution in [0.25, 0.3) is 0 Å². The fourth-order valence-corrected chi connectivity index (χ4v) is 4.98. The molecule has 1 atom stereocenters. The van der Waals surface area contributed by atoms with Gasteiger partial charge in [-0.25, -0.2) is 9.55 Å². The summed E-state index contributed by atoms with van der Waals surface area (Å²) in [6, 6.07) is 13.0. The van der Waals surface area contributed by atoms with Crippen LogP contribution in [0.15, 0.2) is 35.4 Å². The first kappa shape index (κ1) is 23.7. The van der Waals surface area contributed by atoms with E-state index in [4.69, 9.17) is 15.5 Å². The van der Waals surface area contributed by atoms with Gasteiger partial charge in [0.15, 0.2) is 0 Å². The maximum Gasteiger partial charge on any atom is 0.469 e. The van der Waals surface area contributed by atoms with Crippen molar-refractivity contribution in [1.29, 1.82) is 10.5 Å². The molecule has 166 valence electrons. The molecule has 1 amide bonds. The number of nitriles is 2. The Morgan fingerprint density at radius 2 is 1.94 bits per heavy atom. The smallest absolute Gasteiger partial charge is 0.368 e. The number of aromatic nitrogens is 1. The van der Waals surface area contributed by atoms with Crippen molar-refractivity contribution < 1.29 is 23.7 Å². The normalized spacial score (nSPS) is 14.8. The lowest BCUT2D eigenvalue weighted by Gasteiger charge is -2.40. The van der Waals surface area contributed by atoms with Crippen molar-refractivity contribution in [2.45, 2.75) is 29.7 Å². The van der Waals surface area contributed by atoms with Crippen LogP contribution in [0.2, 0.25) is 0 Å². The van der Waals surface area contributed by atoms with Gasteiger partial charge >= 0.3 is 7.82 Å². The standard InChI is InChI=1S/C20H20N5O5PS/c1-2-14-15(8-21)19(25-10-13(11-25)30-31(27,28)29)24-20(16(14)9-22)32-17(18(23)26)12-6-4-3-5-7-12/h3-7,13,17H,2,10-11H2,1H3,(H2,23,26)(H2,27,28,29). The molecule has 32 heavy (non-hydrogen) atoms. The third kappa shape index (κ3) is 5.10. The van der Waals surface area contributed by atoms with Crippen LogP contribution in [-0.4, -0.2) is 39.9 Å². The highest BCUT2D eigenvalue weighted by molar-refractivity contribution is 8.00. The van der Waals surface area contributed by atoms with E-state index in [2.05, 4.69) is 21.6 Å². The van der Waals surface area contributed by atoms with E-state index in [1.807, 2.05) is 0 Å². The van der Waals surface area contributed by atoms with Crippen LogP contribution < -0.4 is 10.6 Å². The predicted molar refractivity (Wildman–Crippen MR) is 116 cm³/mol. The summed E-state index contributed by atoms with van der Waals surface area (Å²) in [5, 5.41) is 19.0. The molecule has 1 aliphatic rings. The average molecular weight is 473 g/mol. The molecule has 0 radical (unpaired) electrons. The van der Waals surface area contributed by atoms with E-state index in [1.54, 1.807) is 42.2 Å². The molecule has 1 aromatic carbocycles. The van der Waals surface area contributed by atoms with Crippen LogP contribution in [0, 0.1) is 22.7 Å². The lowest BCUT2D eigenvalue weighted by Crippen LogP contribution is -2.52. The van der Waals surface area contributed by atoms with Crippen LogP contribution in [0.5, 0.6) is 0 Å². The molecule has 0 spiro atoms. The first-order valence-corrected chi connectivity index (χ1v) is 12.0. The molecule has 1 saturated heterocycles. The number of nitrogens with two attached hydrogens (primary N) is 1. The van der Waals surface area contributed by atoms with E-state index >= 15 is 0 Å². The van der Waals surface area contributed by atoms with Crippen molar-refractivity contribution in [1.82, 2.24) is 4.98 Å². The number of carbonyl (C=O) groups is 1. The number of nitrogens with zero attached hydrogens (tertiary/aromatic N) is 4. The number of carbonyl (C=O) groups excluding carboxylic acids is 1. The Hall–Kier alpha value is -2.92. The van der Waals surface area contributed by atoms with Gasteiger partial charge < -0.3 is 20.4 Å². The van der Waals surface area contributed by atoms with Crippen LogP contribution in [0.4, 0.5) is 5.82 Å². The molecule has 3 rings (SSSR count). The third-order valence-corrected chi connectivity index (χ3v) is 6.68. The summed E-state index contributed by atoms with van der Waals surface area (Å²) in [4.78, 5) is 36.3. The number of benzene rings is 1. The van der Waals surface area contributed by atoms with Crippen molar-refractivity contribution in [3.05, 3.63) is 52.6 Å². The van der Waals surface area contributed by atoms with E-state index in [9.17, 15) is 19.9 Å². The molecule has 0 saturated carbocycles. The zero-order valence-electron chi connectivity index (χ0n) is 17.0. The van der Waals surface area contributed by atoms with Gasteiger partial charge in [0.2, 0.25) is 5.91 Å². The van der Waals surface area contributed by atoms with Gasteiger partial charge in [-0.3, -0.25) is 9.32 Å². The van der Waals surface area contributed by atoms with Gasteiger partial charge in [-0.15, -0.1) is 0 Å². The summed E-state index contributed by atoms with van der Waals surface area (Å²) in [5.41, 5.74) is 7.16. The number of rotatable bonds is 8. The molecule has 1 unspecified atom stereocenters. The minimum Gasteiger partial charge on any atom is -0.368 e. The topological polar surface area (TPSA) is 174 Å². The van der Waals surface area contributed by atoms with Crippen LogP contribution in [-0.2, 0) is 20.3 Å². The molecule has 12 heteroatoms. The van der Waals surface area contributed by atoms with E-state index in [0.717, 1.165) is 11.8 Å². The number of thioether (sulfide) groups is 1. The van der Waals surface area contributed by atoms with Gasteiger partial charge in [-0.05, 0) is 17.5 Å². The molecule has 2 heterocycles. The number of primary amides is 1. The summed E-state index contributed by atoms with van der Waals surface area (Å²) in [7, 11) is -4.64. The third-order valence-electron chi connectivity index (χ3n) is 4.85. The summed E-state index contributed by atoms with van der Waals surface area (Å²) in [6.45, 7) is 2.03. The molecule has 2 aromatic rings. The van der Waals surface area contributed by atoms with Crippen molar-refractivity contribution >= 4 is 31.3 Å². The Bertz CT molecular complexity index is 1150. The predicted octanol–water partition coefficient (Wildman–Crippen LogP) is 2.00. The minimum atomic E-state index is -4.64. The van der Waals surface area contributed by atoms with E-state index in [-0.39, 0.29) is 35.1 Å². The molecular weight excluding hydrogens is 453 g/mol. The number of phosphoric acid groups is 1. The van der Waals surface area contributed by atoms with Crippen molar-refractivity contribution in [2.24, 2.45) is 5.73 Å². The highest BCUT2D eigenvalue weighted by Gasteiger charge is 2.36. The van der Waals surface area contributed by atoms with Gasteiger partial charge in [0, 0.05) is 13.1 Å². The van der Waals surface area contributed by atoms with Gasteiger partial charge in [-0.1, -0.05) is 49.0 Å². The van der Waals surface area contributed by atoms with E-state index in [0.29, 0.717) is 17.5 Å². The summed E-state index contributed by atoms with van der Waals surface area (Å²) in [5.74, 6) is -0.331. The minimum absolute atomic E-state index is 0.115. The molecule has 1 fully saturated rings. The van der Waals surface area contributed by atoms with Gasteiger partial charge in [0.1, 0.15) is 34.3 Å². The lowest BCUT2D eigenvalue weighted by atomic mass is 10.0. The number of hydrogen-bond acceptors (Lipinski definition) is 8. The molecule has 4 N–H and O–H groups in total. The molecule has 0 aliphatic carbocycles. The Kier molecular flexibility index (Phi) is 7.19. The monoisotopic (exact) mass is 473 g/mol. The maximum atomic E-state index is 12.2. The summed E-state index contributed by atoms with van der Waals surface area (Å²) < 4.78 is 15.7. The quantitative estimate of drug-likeness (QED) is 0.380. The van der Waals surface area contributed by atoms with Crippen LogP contribution in [0.3, 0.4) is 0 Å². The number of hydrogen-bond donors (Lipinski definition) is 3. The molecule has 10 nitrogen and oxygen atoms in total. The Balaban J connectivity index is 2.02. The first-order valence-electron chi connectivity index (χ1n) is 9.55. The second kappa shape index (κ2) is 9.70. The van der Waals surface area contributed by atoms with E-state index < -0.39 is 25.1 Å². The Labute approximate surface area is 188 Å². The number of amides is 1. The Morgan fingerprint density at radius 3 is 2.44 bits per heavy atom. The second-order valence-corrected chi connectivity index (χ2v) is 9.27. The number of pyridine rings is 1. The van der Waals surface area contributed by atoms with Crippen molar-refractivity contribution in [2.75, 3.05) is 18.0 Å². The van der Waals surface area contributed by atoms with Gasteiger partial charge in [0.05, 0.1) is 11.1 Å². The van der Waals surface area contributed by atoms with Gasteiger partial charge in [0.25, 0.3) is 0 Å². The fraction of sp³-hybridized carbons (Fsp3) is 0.300. The summed E-state index contributed by atoms with van der Waals surface area (Å²) >= 11 is 1.03. The molecule has 1 aromatic heterocycles. The first-order chi connectivity index (χ1) is 15.2. The fourth-order valence-electron chi connectivity index (χ4n) is 3.40. The van der Waals surface area contributed by atoms with E-state index in [1.165, 1.54) is 0 Å². The zero-order chi connectivity index (χ0) is 23.5. The van der Waals surface area contributed by atoms with Crippen molar-refractivity contribution in [3.63, 3.8) is 0 Å².